The largest absolute Gasteiger partial charge is 0.146 e. The van der Waals surface area contributed by atoms with Crippen LogP contribution in [0, 0.1) is 45.9 Å². The van der Waals surface area contributed by atoms with Crippen molar-refractivity contribution in [2.75, 3.05) is 0 Å². The molecule has 0 spiro atoms. The number of rotatable bonds is 15. The van der Waals surface area contributed by atoms with E-state index in [9.17, 15) is 0 Å². The number of hydrogen-bond donors (Lipinski definition) is 0. The first-order chi connectivity index (χ1) is 47.4. The molecule has 0 saturated carbocycles. The summed E-state index contributed by atoms with van der Waals surface area (Å²) in [6.45, 7) is 58.1. The quantitative estimate of drug-likeness (QED) is 0.0545. The molecule has 0 aromatic heterocycles. The average Bonchev–Trinajstić information content (AvgIpc) is 0.733. The van der Waals surface area contributed by atoms with E-state index in [0.717, 1.165) is 22.3 Å². The maximum absolute atomic E-state index is 4.22. The van der Waals surface area contributed by atoms with Gasteiger partial charge in [-0.15, -0.1) is 22.2 Å². The Balaban J connectivity index is 1.00. The molecule has 0 aliphatic carbocycles. The SMILES string of the molecule is CC(C)[Si](C#Cc1c2ccccc2c(C#C[Si](C(C)C)(C(C)C)C(C)C)c2cc3cc(-c4ccc(-c5ccc(-c6ccc7cc8c(C#C[Si](C(C)C)(C(C)C)C(C)C)c9cc%10ccccc%10cc9c(C#C[Si](C(C)C)(C(C)C)C(C)C)c8cc7c6)cc5)cc4)ccc3cc12)(C(C)C)C(C)C. The van der Waals surface area contributed by atoms with E-state index < -0.39 is 32.3 Å². The van der Waals surface area contributed by atoms with Crippen LogP contribution in [0.3, 0.4) is 0 Å². The van der Waals surface area contributed by atoms with Gasteiger partial charge in [-0.25, -0.2) is 0 Å². The smallest absolute Gasteiger partial charge is 0.125 e. The zero-order chi connectivity index (χ0) is 72.2. The van der Waals surface area contributed by atoms with E-state index in [1.54, 1.807) is 0 Å². The van der Waals surface area contributed by atoms with Crippen LogP contribution in [0.15, 0.2) is 170 Å². The van der Waals surface area contributed by atoms with Crippen molar-refractivity contribution in [1.29, 1.82) is 0 Å². The third-order valence-corrected chi connectivity index (χ3v) is 49.9. The third-order valence-electron chi connectivity index (χ3n) is 24.8. The van der Waals surface area contributed by atoms with Crippen LogP contribution in [0.25, 0.3) is 109 Å². The summed E-state index contributed by atoms with van der Waals surface area (Å²) in [5, 5.41) is 17.0. The molecule has 0 radical (unpaired) electrons. The van der Waals surface area contributed by atoms with E-state index in [-0.39, 0.29) is 0 Å². The normalized spacial score (nSPS) is 12.8. The predicted molar refractivity (Wildman–Crippen MR) is 457 cm³/mol. The van der Waals surface area contributed by atoms with Gasteiger partial charge in [0.1, 0.15) is 32.3 Å². The maximum Gasteiger partial charge on any atom is 0.146 e. The summed E-state index contributed by atoms with van der Waals surface area (Å²) in [6, 6.07) is 65.0. The summed E-state index contributed by atoms with van der Waals surface area (Å²) < 4.78 is 0. The molecule has 0 fully saturated rings. The van der Waals surface area contributed by atoms with E-state index in [1.165, 1.54) is 109 Å². The number of benzene rings is 11. The highest BCUT2D eigenvalue weighted by molar-refractivity contribution is 6.92. The molecule has 100 heavy (non-hydrogen) atoms. The minimum atomic E-state index is -2.13. The molecule has 0 N–H and O–H groups in total. The van der Waals surface area contributed by atoms with Crippen molar-refractivity contribution in [1.82, 2.24) is 0 Å². The van der Waals surface area contributed by atoms with Gasteiger partial charge < -0.3 is 0 Å². The Morgan fingerprint density at radius 1 is 0.180 bits per heavy atom. The summed E-state index contributed by atoms with van der Waals surface area (Å²) in [6.07, 6.45) is 0. The zero-order valence-corrected chi connectivity index (χ0v) is 69.1. The molecule has 0 heterocycles. The van der Waals surface area contributed by atoms with Crippen molar-refractivity contribution in [3.05, 3.63) is 192 Å². The fourth-order valence-corrected chi connectivity index (χ4v) is 40.4. The highest BCUT2D eigenvalue weighted by Crippen LogP contribution is 2.48. The number of hydrogen-bond acceptors (Lipinski definition) is 0. The van der Waals surface area contributed by atoms with Gasteiger partial charge in [-0.3, -0.25) is 0 Å². The Labute approximate surface area is 607 Å². The molecule has 0 saturated heterocycles. The molecule has 0 aliphatic rings. The summed E-state index contributed by atoms with van der Waals surface area (Å²) in [5.74, 6) is 16.2. The lowest BCUT2D eigenvalue weighted by Gasteiger charge is -2.38. The summed E-state index contributed by atoms with van der Waals surface area (Å²) in [4.78, 5) is 0. The van der Waals surface area contributed by atoms with Crippen LogP contribution in [-0.2, 0) is 0 Å². The van der Waals surface area contributed by atoms with Crippen molar-refractivity contribution in [2.24, 2.45) is 0 Å². The highest BCUT2D eigenvalue weighted by Gasteiger charge is 2.45. The van der Waals surface area contributed by atoms with Gasteiger partial charge in [0.2, 0.25) is 0 Å². The summed E-state index contributed by atoms with van der Waals surface area (Å²) >= 11 is 0. The van der Waals surface area contributed by atoms with Crippen LogP contribution in [0.1, 0.15) is 188 Å². The monoisotopic (exact) mass is 1380 g/mol. The molecule has 0 atom stereocenters. The van der Waals surface area contributed by atoms with Crippen LogP contribution in [0.5, 0.6) is 0 Å². The Bertz CT molecular complexity index is 5100. The zero-order valence-electron chi connectivity index (χ0n) is 65.1. The lowest BCUT2D eigenvalue weighted by Crippen LogP contribution is -2.43. The van der Waals surface area contributed by atoms with Gasteiger partial charge >= 0.3 is 0 Å². The molecule has 0 amide bonds. The molecule has 11 rings (SSSR count). The van der Waals surface area contributed by atoms with Gasteiger partial charge in [0, 0.05) is 22.3 Å². The van der Waals surface area contributed by atoms with E-state index >= 15 is 0 Å². The van der Waals surface area contributed by atoms with E-state index in [0.29, 0.717) is 66.5 Å². The molecular formula is C96H112Si4. The predicted octanol–water partition coefficient (Wildman–Crippen LogP) is 29.0. The lowest BCUT2D eigenvalue weighted by molar-refractivity contribution is 0.838. The minimum absolute atomic E-state index is 0.513. The molecule has 0 aliphatic heterocycles. The molecular weight excluding hydrogens is 1270 g/mol. The second-order valence-corrected chi connectivity index (χ2v) is 55.8. The number of fused-ring (bicyclic) bond motifs is 7. The van der Waals surface area contributed by atoms with Gasteiger partial charge in [0.05, 0.1) is 0 Å². The van der Waals surface area contributed by atoms with Gasteiger partial charge in [0.25, 0.3) is 0 Å². The standard InChI is InChI=1S/C96H112Si4/c1-61(2)97(62(3)4,63(5)6)49-45-87-85-31-27-28-32-86(85)88(46-50-98(64(7)8,65(9)10)66(11)12)95-59-83-53-79(41-43-81(83)57-91(87)95)75-37-33-73(34-38-75)74-35-39-76(40-36-74)80-42-44-82-58-94-89(47-51-99(67(13)14,68(15)16)69(17)18)92-55-77-29-25-26-30-78(77)56-93(92)90(96(94)60-84(82)54-80)48-52-100(70(19)20,71(21)22)72(23)24/h25-44,53-72H,1-24H3. The van der Waals surface area contributed by atoms with E-state index in [1.807, 2.05) is 0 Å². The van der Waals surface area contributed by atoms with Gasteiger partial charge in [-0.05, 0) is 224 Å². The first kappa shape index (κ1) is 73.6. The Hall–Kier alpha value is -7.65. The van der Waals surface area contributed by atoms with Crippen molar-refractivity contribution < 1.29 is 0 Å². The van der Waals surface area contributed by atoms with Crippen molar-refractivity contribution in [3.8, 4) is 79.2 Å². The van der Waals surface area contributed by atoms with Crippen LogP contribution in [0.4, 0.5) is 0 Å². The molecule has 11 aromatic rings. The first-order valence-corrected chi connectivity index (χ1v) is 47.0. The van der Waals surface area contributed by atoms with E-state index in [4.69, 9.17) is 0 Å². The van der Waals surface area contributed by atoms with Crippen molar-refractivity contribution in [2.45, 2.75) is 233 Å². The topological polar surface area (TPSA) is 0 Å². The van der Waals surface area contributed by atoms with Gasteiger partial charge in [-0.1, -0.05) is 311 Å². The van der Waals surface area contributed by atoms with E-state index in [2.05, 4.69) is 382 Å². The Morgan fingerprint density at radius 2 is 0.360 bits per heavy atom. The van der Waals surface area contributed by atoms with Gasteiger partial charge in [-0.2, -0.15) is 0 Å². The fraction of sp³-hybridized carbons (Fsp3) is 0.375. The Morgan fingerprint density at radius 3 is 0.590 bits per heavy atom. The molecule has 0 bridgehead atoms. The Kier molecular flexibility index (Phi) is 21.3. The maximum atomic E-state index is 4.22. The molecule has 11 aromatic carbocycles. The lowest BCUT2D eigenvalue weighted by atomic mass is 9.88. The van der Waals surface area contributed by atoms with Gasteiger partial charge in [0.15, 0.2) is 0 Å². The minimum Gasteiger partial charge on any atom is -0.125 e. The highest BCUT2D eigenvalue weighted by atomic mass is 28.3. The first-order valence-electron chi connectivity index (χ1n) is 38.1. The molecule has 0 nitrogen and oxygen atoms in total. The van der Waals surface area contributed by atoms with Crippen LogP contribution < -0.4 is 0 Å². The third kappa shape index (κ3) is 12.9. The van der Waals surface area contributed by atoms with Crippen molar-refractivity contribution in [3.63, 3.8) is 0 Å². The fourth-order valence-electron chi connectivity index (χ4n) is 19.6. The van der Waals surface area contributed by atoms with Crippen LogP contribution in [0.2, 0.25) is 66.5 Å². The second-order valence-electron chi connectivity index (χ2n) is 33.5. The summed E-state index contributed by atoms with van der Waals surface area (Å²) in [7, 11) is -8.38. The summed E-state index contributed by atoms with van der Waals surface area (Å²) in [5.41, 5.74) is 34.8. The van der Waals surface area contributed by atoms with Crippen LogP contribution >= 0.6 is 0 Å². The molecule has 4 heteroatoms. The average molecular weight is 1380 g/mol. The molecule has 512 valence electrons. The van der Waals surface area contributed by atoms with Crippen LogP contribution in [-0.4, -0.2) is 32.3 Å². The van der Waals surface area contributed by atoms with Crippen molar-refractivity contribution >= 4 is 108 Å². The molecule has 0 unspecified atom stereocenters. The second kappa shape index (κ2) is 29.0.